The zero-order valence-electron chi connectivity index (χ0n) is 16.3. The fourth-order valence-electron chi connectivity index (χ4n) is 3.83. The minimum absolute atomic E-state index is 0.194. The van der Waals surface area contributed by atoms with Crippen molar-refractivity contribution >= 4 is 5.97 Å². The summed E-state index contributed by atoms with van der Waals surface area (Å²) in [4.78, 5) is 12.9. The van der Waals surface area contributed by atoms with Gasteiger partial charge in [-0.1, -0.05) is 78.9 Å². The summed E-state index contributed by atoms with van der Waals surface area (Å²) in [6.45, 7) is 4.21. The topological polar surface area (TPSA) is 26.3 Å². The summed E-state index contributed by atoms with van der Waals surface area (Å²) in [6.07, 6.45) is 1.02. The summed E-state index contributed by atoms with van der Waals surface area (Å²) in [6, 6.07) is 26.6. The summed E-state index contributed by atoms with van der Waals surface area (Å²) in [5.74, 6) is -0.194. The number of rotatable bonds is 5. The minimum atomic E-state index is -0.313. The van der Waals surface area contributed by atoms with E-state index in [0.29, 0.717) is 6.42 Å². The van der Waals surface area contributed by atoms with Crippen LogP contribution in [-0.2, 0) is 22.4 Å². The van der Waals surface area contributed by atoms with E-state index in [1.54, 1.807) is 0 Å². The van der Waals surface area contributed by atoms with Gasteiger partial charge in [-0.05, 0) is 53.7 Å². The van der Waals surface area contributed by atoms with E-state index in [1.165, 1.54) is 22.3 Å². The Balaban J connectivity index is 1.79. The second kappa shape index (κ2) is 7.85. The van der Waals surface area contributed by atoms with Crippen molar-refractivity contribution in [1.29, 1.82) is 0 Å². The first-order valence-electron chi connectivity index (χ1n) is 9.70. The van der Waals surface area contributed by atoms with Crippen LogP contribution in [0.15, 0.2) is 90.0 Å². The maximum atomic E-state index is 12.9. The molecule has 1 heterocycles. The van der Waals surface area contributed by atoms with E-state index in [-0.39, 0.29) is 12.1 Å². The molecule has 0 amide bonds. The van der Waals surface area contributed by atoms with Crippen LogP contribution in [0.25, 0.3) is 0 Å². The van der Waals surface area contributed by atoms with Crippen LogP contribution in [0.4, 0.5) is 0 Å². The highest BCUT2D eigenvalue weighted by Crippen LogP contribution is 2.39. The Bertz CT molecular complexity index is 1030. The van der Waals surface area contributed by atoms with Crippen molar-refractivity contribution in [2.45, 2.75) is 32.8 Å². The van der Waals surface area contributed by atoms with Crippen molar-refractivity contribution in [2.75, 3.05) is 0 Å². The molecule has 1 unspecified atom stereocenters. The van der Waals surface area contributed by atoms with Crippen LogP contribution in [0.1, 0.15) is 33.9 Å². The highest BCUT2D eigenvalue weighted by atomic mass is 16.5. The molecule has 0 N–H and O–H groups in total. The van der Waals surface area contributed by atoms with E-state index < -0.39 is 0 Å². The molecule has 2 heteroatoms. The van der Waals surface area contributed by atoms with E-state index in [1.807, 2.05) is 48.5 Å². The Morgan fingerprint density at radius 1 is 0.714 bits per heavy atom. The Morgan fingerprint density at radius 3 is 1.86 bits per heavy atom. The van der Waals surface area contributed by atoms with Crippen molar-refractivity contribution < 1.29 is 9.53 Å². The van der Waals surface area contributed by atoms with Gasteiger partial charge in [0.05, 0.1) is 0 Å². The molecular weight excluding hydrogens is 344 g/mol. The predicted octanol–water partition coefficient (Wildman–Crippen LogP) is 5.68. The van der Waals surface area contributed by atoms with E-state index >= 15 is 0 Å². The van der Waals surface area contributed by atoms with E-state index in [2.05, 4.69) is 44.2 Å². The number of hydrogen-bond donors (Lipinski definition) is 0. The molecule has 140 valence electrons. The number of carbonyl (C=O) groups excluding carboxylic acids is 1. The zero-order valence-corrected chi connectivity index (χ0v) is 16.3. The lowest BCUT2D eigenvalue weighted by Gasteiger charge is -2.16. The Morgan fingerprint density at radius 2 is 1.25 bits per heavy atom. The molecule has 0 aromatic heterocycles. The van der Waals surface area contributed by atoms with Gasteiger partial charge in [-0.25, -0.2) is 4.79 Å². The first-order valence-corrected chi connectivity index (χ1v) is 9.70. The number of aryl methyl sites for hydroxylation is 2. The number of carbonyl (C=O) groups is 1. The Kier molecular flexibility index (Phi) is 5.12. The third kappa shape index (κ3) is 3.63. The minimum Gasteiger partial charge on any atom is -0.449 e. The van der Waals surface area contributed by atoms with Gasteiger partial charge < -0.3 is 4.74 Å². The summed E-state index contributed by atoms with van der Waals surface area (Å²) >= 11 is 0. The van der Waals surface area contributed by atoms with Crippen LogP contribution in [0, 0.1) is 13.8 Å². The molecule has 3 aromatic rings. The quantitative estimate of drug-likeness (QED) is 0.541. The summed E-state index contributed by atoms with van der Waals surface area (Å²) in [5.41, 5.74) is 7.74. The van der Waals surface area contributed by atoms with Gasteiger partial charge in [0.25, 0.3) is 0 Å². The van der Waals surface area contributed by atoms with Gasteiger partial charge in [-0.3, -0.25) is 0 Å². The molecule has 0 radical (unpaired) electrons. The normalized spacial score (nSPS) is 16.4. The highest BCUT2D eigenvalue weighted by Gasteiger charge is 2.35. The van der Waals surface area contributed by atoms with Crippen LogP contribution in [-0.4, -0.2) is 5.97 Å². The lowest BCUT2D eigenvalue weighted by atomic mass is 9.89. The Hall–Kier alpha value is -3.13. The van der Waals surface area contributed by atoms with Gasteiger partial charge in [-0.15, -0.1) is 0 Å². The zero-order chi connectivity index (χ0) is 19.5. The number of ether oxygens (including phenoxy) is 1. The highest BCUT2D eigenvalue weighted by molar-refractivity contribution is 5.93. The lowest BCUT2D eigenvalue weighted by molar-refractivity contribution is -0.140. The monoisotopic (exact) mass is 368 g/mol. The third-order valence-corrected chi connectivity index (χ3v) is 5.55. The fourth-order valence-corrected chi connectivity index (χ4v) is 3.83. The standard InChI is InChI=1S/C26H24O2/c1-18-10-6-8-14-21(18)16-23-24(17-22-15-9-7-11-19(22)2)26(27)28-25(23)20-12-4-3-5-13-20/h3-15,25H,16-17H2,1-2H3. The lowest BCUT2D eigenvalue weighted by Crippen LogP contribution is -2.05. The molecule has 28 heavy (non-hydrogen) atoms. The van der Waals surface area contributed by atoms with Crippen molar-refractivity contribution in [1.82, 2.24) is 0 Å². The van der Waals surface area contributed by atoms with E-state index in [4.69, 9.17) is 4.74 Å². The van der Waals surface area contributed by atoms with Crippen LogP contribution in [0.5, 0.6) is 0 Å². The molecule has 0 saturated heterocycles. The number of hydrogen-bond acceptors (Lipinski definition) is 2. The molecule has 1 aliphatic rings. The Labute approximate surface area is 166 Å². The molecule has 0 saturated carbocycles. The molecule has 3 aromatic carbocycles. The largest absolute Gasteiger partial charge is 0.449 e. The average Bonchev–Trinajstić information content (AvgIpc) is 3.02. The molecule has 1 atom stereocenters. The van der Waals surface area contributed by atoms with Gasteiger partial charge in [-0.2, -0.15) is 0 Å². The fraction of sp³-hybridized carbons (Fsp3) is 0.192. The molecule has 2 nitrogen and oxygen atoms in total. The molecule has 4 rings (SSSR count). The van der Waals surface area contributed by atoms with Crippen LogP contribution >= 0.6 is 0 Å². The average molecular weight is 368 g/mol. The van der Waals surface area contributed by atoms with Gasteiger partial charge >= 0.3 is 5.97 Å². The smallest absolute Gasteiger partial charge is 0.335 e. The molecular formula is C26H24O2. The predicted molar refractivity (Wildman–Crippen MR) is 112 cm³/mol. The second-order valence-corrected chi connectivity index (χ2v) is 7.41. The second-order valence-electron chi connectivity index (χ2n) is 7.41. The van der Waals surface area contributed by atoms with Crippen molar-refractivity contribution in [3.63, 3.8) is 0 Å². The van der Waals surface area contributed by atoms with E-state index in [0.717, 1.165) is 23.1 Å². The first-order chi connectivity index (χ1) is 13.6. The summed E-state index contributed by atoms with van der Waals surface area (Å²) < 4.78 is 5.88. The summed E-state index contributed by atoms with van der Waals surface area (Å²) in [5, 5.41) is 0. The molecule has 0 spiro atoms. The maximum Gasteiger partial charge on any atom is 0.335 e. The maximum absolute atomic E-state index is 12.9. The number of esters is 1. The number of cyclic esters (lactones) is 1. The van der Waals surface area contributed by atoms with E-state index in [9.17, 15) is 4.79 Å². The van der Waals surface area contributed by atoms with Gasteiger partial charge in [0.1, 0.15) is 6.10 Å². The van der Waals surface area contributed by atoms with Crippen molar-refractivity contribution in [2.24, 2.45) is 0 Å². The molecule has 0 bridgehead atoms. The van der Waals surface area contributed by atoms with Gasteiger partial charge in [0, 0.05) is 12.0 Å². The van der Waals surface area contributed by atoms with Gasteiger partial charge in [0.2, 0.25) is 0 Å². The first kappa shape index (κ1) is 18.2. The SMILES string of the molecule is Cc1ccccc1CC1=C(Cc2ccccc2C)C(c2ccccc2)OC1=O. The number of benzene rings is 3. The molecule has 1 aliphatic heterocycles. The molecule has 0 aliphatic carbocycles. The summed E-state index contributed by atoms with van der Waals surface area (Å²) in [7, 11) is 0. The van der Waals surface area contributed by atoms with Crippen LogP contribution in [0.3, 0.4) is 0 Å². The van der Waals surface area contributed by atoms with Crippen LogP contribution < -0.4 is 0 Å². The van der Waals surface area contributed by atoms with Crippen LogP contribution in [0.2, 0.25) is 0 Å². The van der Waals surface area contributed by atoms with Crippen molar-refractivity contribution in [3.8, 4) is 0 Å². The third-order valence-electron chi connectivity index (χ3n) is 5.55. The van der Waals surface area contributed by atoms with Gasteiger partial charge in [0.15, 0.2) is 0 Å². The molecule has 0 fully saturated rings. The van der Waals surface area contributed by atoms with Crippen molar-refractivity contribution in [3.05, 3.63) is 118 Å².